The third-order valence-corrected chi connectivity index (χ3v) is 11.2. The van der Waals surface area contributed by atoms with Crippen LogP contribution in [0.1, 0.15) is 80.6 Å². The van der Waals surface area contributed by atoms with E-state index in [2.05, 4.69) is 13.8 Å². The largest absolute Gasteiger partial charge is 0.497 e. The zero-order chi connectivity index (χ0) is 26.7. The predicted octanol–water partition coefficient (Wildman–Crippen LogP) is 6.78. The number of benzene rings is 2. The zero-order valence-electron chi connectivity index (χ0n) is 22.9. The van der Waals surface area contributed by atoms with E-state index in [0.29, 0.717) is 29.7 Å². The third-order valence-electron chi connectivity index (χ3n) is 11.2. The summed E-state index contributed by atoms with van der Waals surface area (Å²) in [5.74, 6) is 1.53. The second-order valence-corrected chi connectivity index (χ2v) is 12.8. The van der Waals surface area contributed by atoms with Crippen molar-refractivity contribution in [2.75, 3.05) is 7.11 Å². The van der Waals surface area contributed by atoms with Crippen LogP contribution in [-0.4, -0.2) is 29.9 Å². The number of aliphatic hydroxyl groups excluding tert-OH is 1. The fourth-order valence-electron chi connectivity index (χ4n) is 9.10. The maximum Gasteiger partial charge on any atom is 0.171 e. The summed E-state index contributed by atoms with van der Waals surface area (Å²) in [5, 5.41) is 10.9. The van der Waals surface area contributed by atoms with Crippen LogP contribution < -0.4 is 4.74 Å². The minimum Gasteiger partial charge on any atom is -0.497 e. The van der Waals surface area contributed by atoms with Crippen molar-refractivity contribution < 1.29 is 19.4 Å². The Hall–Kier alpha value is -2.72. The lowest BCUT2D eigenvalue weighted by molar-refractivity contribution is -0.123. The molecule has 38 heavy (non-hydrogen) atoms. The number of rotatable bonds is 5. The van der Waals surface area contributed by atoms with E-state index in [-0.39, 0.29) is 28.5 Å². The molecule has 0 radical (unpaired) electrons. The minimum atomic E-state index is -0.534. The molecule has 4 aliphatic rings. The standard InChI is InChI=1S/C34H40O4/c1-33-18-17-28-25(27(33)15-16-30(33)36)14-11-23-19-29(35)26(20-34(23,28)2)31(21-9-12-24(38-3)13-10-21)32(37)22-7-5-4-6-8-22/h4-10,12-13,19,25-28,30-31,36H,11,14-18,20H2,1-3H3. The number of carbonyl (C=O) groups is 2. The van der Waals surface area contributed by atoms with Gasteiger partial charge < -0.3 is 9.84 Å². The van der Waals surface area contributed by atoms with Gasteiger partial charge >= 0.3 is 0 Å². The molecular weight excluding hydrogens is 472 g/mol. The first-order valence-electron chi connectivity index (χ1n) is 14.4. The Morgan fingerprint density at radius 2 is 1.71 bits per heavy atom. The summed E-state index contributed by atoms with van der Waals surface area (Å²) in [4.78, 5) is 27.9. The highest BCUT2D eigenvalue weighted by Gasteiger charge is 2.60. The van der Waals surface area contributed by atoms with Crippen molar-refractivity contribution >= 4 is 11.6 Å². The molecule has 3 saturated carbocycles. The summed E-state index contributed by atoms with van der Waals surface area (Å²) in [6, 6.07) is 17.1. The number of ketones is 2. The lowest BCUT2D eigenvalue weighted by atomic mass is 9.46. The Labute approximate surface area is 226 Å². The van der Waals surface area contributed by atoms with E-state index in [1.165, 1.54) is 5.57 Å². The average molecular weight is 513 g/mol. The van der Waals surface area contributed by atoms with E-state index in [1.807, 2.05) is 60.7 Å². The monoisotopic (exact) mass is 512 g/mol. The Bertz CT molecular complexity index is 1250. The highest BCUT2D eigenvalue weighted by molar-refractivity contribution is 6.06. The first-order chi connectivity index (χ1) is 18.3. The number of carbonyl (C=O) groups excluding carboxylic acids is 2. The van der Waals surface area contributed by atoms with Gasteiger partial charge in [0, 0.05) is 11.5 Å². The zero-order valence-corrected chi connectivity index (χ0v) is 22.9. The van der Waals surface area contributed by atoms with Gasteiger partial charge in [-0.2, -0.15) is 0 Å². The topological polar surface area (TPSA) is 63.6 Å². The molecule has 4 heteroatoms. The normalized spacial score (nSPS) is 36.9. The quantitative estimate of drug-likeness (QED) is 0.449. The molecular formula is C34H40O4. The Kier molecular flexibility index (Phi) is 6.38. The van der Waals surface area contributed by atoms with Crippen molar-refractivity contribution in [3.63, 3.8) is 0 Å². The van der Waals surface area contributed by atoms with Crippen LogP contribution in [0.3, 0.4) is 0 Å². The van der Waals surface area contributed by atoms with Gasteiger partial charge in [-0.25, -0.2) is 0 Å². The number of hydrogen-bond acceptors (Lipinski definition) is 4. The maximum absolute atomic E-state index is 14.1. The van der Waals surface area contributed by atoms with Crippen LogP contribution in [0.4, 0.5) is 0 Å². The molecule has 0 amide bonds. The second kappa shape index (κ2) is 9.48. The molecule has 6 rings (SSSR count). The first-order valence-corrected chi connectivity index (χ1v) is 14.4. The summed E-state index contributed by atoms with van der Waals surface area (Å²) in [7, 11) is 1.64. The van der Waals surface area contributed by atoms with Gasteiger partial charge in [0.2, 0.25) is 0 Å². The smallest absolute Gasteiger partial charge is 0.171 e. The van der Waals surface area contributed by atoms with Crippen LogP contribution in [-0.2, 0) is 4.79 Å². The molecule has 0 aromatic heterocycles. The van der Waals surface area contributed by atoms with Crippen LogP contribution >= 0.6 is 0 Å². The molecule has 0 saturated heterocycles. The average Bonchev–Trinajstić information content (AvgIpc) is 3.24. The van der Waals surface area contributed by atoms with Gasteiger partial charge in [0.25, 0.3) is 0 Å². The van der Waals surface area contributed by atoms with Crippen molar-refractivity contribution in [2.45, 2.75) is 70.8 Å². The van der Waals surface area contributed by atoms with E-state index in [0.717, 1.165) is 49.8 Å². The van der Waals surface area contributed by atoms with Gasteiger partial charge in [-0.05, 0) is 97.3 Å². The van der Waals surface area contributed by atoms with Gasteiger partial charge in [0.1, 0.15) is 5.75 Å². The van der Waals surface area contributed by atoms with Crippen molar-refractivity contribution in [1.82, 2.24) is 0 Å². The molecule has 8 atom stereocenters. The fourth-order valence-corrected chi connectivity index (χ4v) is 9.10. The number of Topliss-reactive ketones (excluding diaryl/α,β-unsaturated/α-hetero) is 1. The van der Waals surface area contributed by atoms with Crippen LogP contribution in [0.5, 0.6) is 5.75 Å². The van der Waals surface area contributed by atoms with E-state index in [4.69, 9.17) is 4.74 Å². The molecule has 2 aromatic rings. The number of methoxy groups -OCH3 is 1. The van der Waals surface area contributed by atoms with E-state index < -0.39 is 11.8 Å². The van der Waals surface area contributed by atoms with Gasteiger partial charge in [0.15, 0.2) is 11.6 Å². The van der Waals surface area contributed by atoms with E-state index >= 15 is 0 Å². The molecule has 0 spiro atoms. The molecule has 4 aliphatic carbocycles. The molecule has 0 bridgehead atoms. The van der Waals surface area contributed by atoms with Crippen molar-refractivity contribution in [3.05, 3.63) is 77.4 Å². The first kappa shape index (κ1) is 25.6. The highest BCUT2D eigenvalue weighted by Crippen LogP contribution is 2.66. The highest BCUT2D eigenvalue weighted by atomic mass is 16.5. The summed E-state index contributed by atoms with van der Waals surface area (Å²) in [5.41, 5.74) is 2.75. The molecule has 200 valence electrons. The fraction of sp³-hybridized carbons (Fsp3) is 0.529. The van der Waals surface area contributed by atoms with Crippen LogP contribution in [0.15, 0.2) is 66.2 Å². The van der Waals surface area contributed by atoms with Gasteiger partial charge in [-0.1, -0.05) is 61.9 Å². The molecule has 3 fully saturated rings. The molecule has 0 heterocycles. The summed E-state index contributed by atoms with van der Waals surface area (Å²) in [6.45, 7) is 4.69. The Morgan fingerprint density at radius 1 is 0.974 bits per heavy atom. The lowest BCUT2D eigenvalue weighted by Crippen LogP contribution is -2.52. The Balaban J connectivity index is 1.38. The number of allylic oxidation sites excluding steroid dienone is 1. The van der Waals surface area contributed by atoms with Crippen molar-refractivity contribution in [3.8, 4) is 5.75 Å². The minimum absolute atomic E-state index is 0.0112. The van der Waals surface area contributed by atoms with Crippen molar-refractivity contribution in [1.29, 1.82) is 0 Å². The van der Waals surface area contributed by atoms with Crippen LogP contribution in [0.2, 0.25) is 0 Å². The predicted molar refractivity (Wildman–Crippen MR) is 148 cm³/mol. The summed E-state index contributed by atoms with van der Waals surface area (Å²) < 4.78 is 5.38. The van der Waals surface area contributed by atoms with Gasteiger partial charge in [-0.15, -0.1) is 0 Å². The second-order valence-electron chi connectivity index (χ2n) is 12.8. The molecule has 4 nitrogen and oxygen atoms in total. The number of fused-ring (bicyclic) bond motifs is 5. The number of hydrogen-bond donors (Lipinski definition) is 1. The summed E-state index contributed by atoms with van der Waals surface area (Å²) >= 11 is 0. The van der Waals surface area contributed by atoms with Gasteiger partial charge in [-0.3, -0.25) is 9.59 Å². The third kappa shape index (κ3) is 3.90. The van der Waals surface area contributed by atoms with Gasteiger partial charge in [0.05, 0.1) is 19.1 Å². The molecule has 1 N–H and O–H groups in total. The van der Waals surface area contributed by atoms with Crippen LogP contribution in [0.25, 0.3) is 0 Å². The van der Waals surface area contributed by atoms with Crippen molar-refractivity contribution in [2.24, 2.45) is 34.5 Å². The number of ether oxygens (including phenoxy) is 1. The summed E-state index contributed by atoms with van der Waals surface area (Å²) in [6.07, 6.45) is 8.67. The van der Waals surface area contributed by atoms with E-state index in [1.54, 1.807) is 7.11 Å². The molecule has 0 aliphatic heterocycles. The SMILES string of the molecule is COc1ccc(C(C(=O)c2ccccc2)C2CC3(C)C(=CC2=O)CCC2C3CCC3(C)C(O)CCC23)cc1. The lowest BCUT2D eigenvalue weighted by Gasteiger charge is -2.58. The van der Waals surface area contributed by atoms with E-state index in [9.17, 15) is 14.7 Å². The number of aliphatic hydroxyl groups is 1. The van der Waals surface area contributed by atoms with Crippen LogP contribution in [0, 0.1) is 34.5 Å². The molecule has 8 unspecified atom stereocenters. The molecule has 2 aromatic carbocycles. The Morgan fingerprint density at radius 3 is 2.42 bits per heavy atom. The maximum atomic E-state index is 14.1.